The average Bonchev–Trinajstić information content (AvgIpc) is 2.55. The normalized spacial score (nSPS) is 11.7. The predicted molar refractivity (Wildman–Crippen MR) is 84.9 cm³/mol. The van der Waals surface area contributed by atoms with Crippen LogP contribution < -0.4 is 15.6 Å². The molecule has 1 heterocycles. The molecule has 0 saturated heterocycles. The van der Waals surface area contributed by atoms with Gasteiger partial charge in [0.05, 0.1) is 13.2 Å². The first-order valence-electron chi connectivity index (χ1n) is 7.22. The average molecular weight is 300 g/mol. The van der Waals surface area contributed by atoms with E-state index in [0.717, 1.165) is 17.7 Å². The third-order valence-corrected chi connectivity index (χ3v) is 3.47. The Morgan fingerprint density at radius 1 is 1.23 bits per heavy atom. The number of carbonyl (C=O) groups excluding carboxylic acids is 1. The minimum Gasteiger partial charge on any atom is -0.497 e. The van der Waals surface area contributed by atoms with Crippen LogP contribution in [-0.4, -0.2) is 17.6 Å². The standard InChI is InChI=1S/C17H20N2O3/c1-3-15(13-7-9-14(22-2)10-8-13)18-16(20)12-19-11-5-4-6-17(19)21/h4-11,15H,3,12H2,1-2H3,(H,18,20)/t15-/m1/s1. The van der Waals surface area contributed by atoms with Crippen molar-refractivity contribution in [2.45, 2.75) is 25.9 Å². The van der Waals surface area contributed by atoms with E-state index in [0.29, 0.717) is 0 Å². The highest BCUT2D eigenvalue weighted by Gasteiger charge is 2.13. The molecular formula is C17H20N2O3. The first-order chi connectivity index (χ1) is 10.6. The summed E-state index contributed by atoms with van der Waals surface area (Å²) in [5.74, 6) is 0.594. The first-order valence-corrected chi connectivity index (χ1v) is 7.22. The van der Waals surface area contributed by atoms with Crippen LogP contribution in [0.5, 0.6) is 5.75 Å². The predicted octanol–water partition coefficient (Wildman–Crippen LogP) is 2.12. The zero-order valence-corrected chi connectivity index (χ0v) is 12.8. The Hall–Kier alpha value is -2.56. The van der Waals surface area contributed by atoms with E-state index in [4.69, 9.17) is 4.74 Å². The van der Waals surface area contributed by atoms with Crippen LogP contribution in [0, 0.1) is 0 Å². The lowest BCUT2D eigenvalue weighted by Crippen LogP contribution is -2.34. The van der Waals surface area contributed by atoms with Crippen LogP contribution in [0.2, 0.25) is 0 Å². The molecule has 0 fully saturated rings. The maximum Gasteiger partial charge on any atom is 0.250 e. The zero-order chi connectivity index (χ0) is 15.9. The van der Waals surface area contributed by atoms with Crippen LogP contribution in [0.25, 0.3) is 0 Å². The number of ether oxygens (including phenoxy) is 1. The Kier molecular flexibility index (Phi) is 5.36. The van der Waals surface area contributed by atoms with Gasteiger partial charge in [-0.05, 0) is 30.2 Å². The molecule has 0 aliphatic rings. The topological polar surface area (TPSA) is 60.3 Å². The quantitative estimate of drug-likeness (QED) is 0.889. The summed E-state index contributed by atoms with van der Waals surface area (Å²) in [4.78, 5) is 23.8. The van der Waals surface area contributed by atoms with Gasteiger partial charge in [0.1, 0.15) is 12.3 Å². The number of rotatable bonds is 6. The summed E-state index contributed by atoms with van der Waals surface area (Å²) >= 11 is 0. The van der Waals surface area contributed by atoms with E-state index in [2.05, 4.69) is 5.32 Å². The molecule has 0 saturated carbocycles. The van der Waals surface area contributed by atoms with Crippen molar-refractivity contribution in [3.05, 3.63) is 64.6 Å². The molecule has 2 rings (SSSR count). The number of nitrogens with zero attached hydrogens (tertiary/aromatic N) is 1. The first kappa shape index (κ1) is 15.8. The molecule has 0 unspecified atom stereocenters. The van der Waals surface area contributed by atoms with Gasteiger partial charge in [-0.1, -0.05) is 25.1 Å². The second-order valence-corrected chi connectivity index (χ2v) is 4.97. The Bertz CT molecular complexity index is 677. The Morgan fingerprint density at radius 3 is 2.55 bits per heavy atom. The molecule has 22 heavy (non-hydrogen) atoms. The molecule has 0 aliphatic heterocycles. The van der Waals surface area contributed by atoms with Gasteiger partial charge in [0.2, 0.25) is 5.91 Å². The molecule has 0 aliphatic carbocycles. The summed E-state index contributed by atoms with van der Waals surface area (Å²) in [6.45, 7) is 2.02. The smallest absolute Gasteiger partial charge is 0.250 e. The van der Waals surface area contributed by atoms with Crippen molar-refractivity contribution < 1.29 is 9.53 Å². The number of benzene rings is 1. The lowest BCUT2D eigenvalue weighted by molar-refractivity contribution is -0.122. The molecule has 116 valence electrons. The fourth-order valence-corrected chi connectivity index (χ4v) is 2.24. The Labute approximate surface area is 129 Å². The highest BCUT2D eigenvalue weighted by atomic mass is 16.5. The minimum absolute atomic E-state index is 0.0202. The van der Waals surface area contributed by atoms with Gasteiger partial charge in [0.25, 0.3) is 5.56 Å². The highest BCUT2D eigenvalue weighted by molar-refractivity contribution is 5.76. The lowest BCUT2D eigenvalue weighted by atomic mass is 10.0. The van der Waals surface area contributed by atoms with Crippen LogP contribution in [0.3, 0.4) is 0 Å². The number of amides is 1. The maximum absolute atomic E-state index is 12.1. The number of carbonyl (C=O) groups is 1. The van der Waals surface area contributed by atoms with Crippen LogP contribution in [-0.2, 0) is 11.3 Å². The van der Waals surface area contributed by atoms with Crippen molar-refractivity contribution in [1.82, 2.24) is 9.88 Å². The summed E-state index contributed by atoms with van der Waals surface area (Å²) in [6, 6.07) is 12.3. The van der Waals surface area contributed by atoms with E-state index in [1.54, 1.807) is 25.4 Å². The highest BCUT2D eigenvalue weighted by Crippen LogP contribution is 2.19. The molecule has 1 aromatic heterocycles. The van der Waals surface area contributed by atoms with Gasteiger partial charge in [-0.2, -0.15) is 0 Å². The van der Waals surface area contributed by atoms with Crippen molar-refractivity contribution >= 4 is 5.91 Å². The summed E-state index contributed by atoms with van der Waals surface area (Å²) in [5.41, 5.74) is 0.826. The van der Waals surface area contributed by atoms with E-state index >= 15 is 0 Å². The molecule has 0 radical (unpaired) electrons. The van der Waals surface area contributed by atoms with Crippen LogP contribution in [0.4, 0.5) is 0 Å². The molecule has 0 bridgehead atoms. The van der Waals surface area contributed by atoms with Crippen LogP contribution in [0.1, 0.15) is 24.9 Å². The van der Waals surface area contributed by atoms with Crippen molar-refractivity contribution in [3.63, 3.8) is 0 Å². The SMILES string of the molecule is CC[C@@H](NC(=O)Cn1ccccc1=O)c1ccc(OC)cc1. The van der Waals surface area contributed by atoms with Gasteiger partial charge < -0.3 is 14.6 Å². The third-order valence-electron chi connectivity index (χ3n) is 3.47. The van der Waals surface area contributed by atoms with Gasteiger partial charge in [-0.3, -0.25) is 9.59 Å². The second kappa shape index (κ2) is 7.45. The van der Waals surface area contributed by atoms with Crippen LogP contribution >= 0.6 is 0 Å². The monoisotopic (exact) mass is 300 g/mol. The maximum atomic E-state index is 12.1. The molecule has 1 N–H and O–H groups in total. The number of aromatic nitrogens is 1. The molecule has 1 atom stereocenters. The zero-order valence-electron chi connectivity index (χ0n) is 12.8. The van der Waals surface area contributed by atoms with Gasteiger partial charge >= 0.3 is 0 Å². The van der Waals surface area contributed by atoms with Gasteiger partial charge in [0, 0.05) is 12.3 Å². The minimum atomic E-state index is -0.185. The van der Waals surface area contributed by atoms with Gasteiger partial charge in [-0.25, -0.2) is 0 Å². The molecule has 1 aromatic carbocycles. The largest absolute Gasteiger partial charge is 0.497 e. The van der Waals surface area contributed by atoms with E-state index in [9.17, 15) is 9.59 Å². The molecule has 5 nitrogen and oxygen atoms in total. The third kappa shape index (κ3) is 3.97. The van der Waals surface area contributed by atoms with E-state index in [-0.39, 0.29) is 24.1 Å². The molecular weight excluding hydrogens is 280 g/mol. The van der Waals surface area contributed by atoms with Gasteiger partial charge in [0.15, 0.2) is 0 Å². The van der Waals surface area contributed by atoms with E-state index in [1.807, 2.05) is 31.2 Å². The number of pyridine rings is 1. The fourth-order valence-electron chi connectivity index (χ4n) is 2.24. The molecule has 1 amide bonds. The Balaban J connectivity index is 2.04. The summed E-state index contributed by atoms with van der Waals surface area (Å²) in [5, 5.41) is 2.96. The molecule has 0 spiro atoms. The van der Waals surface area contributed by atoms with Gasteiger partial charge in [-0.15, -0.1) is 0 Å². The summed E-state index contributed by atoms with van der Waals surface area (Å²) in [7, 11) is 1.62. The second-order valence-electron chi connectivity index (χ2n) is 4.97. The van der Waals surface area contributed by atoms with E-state index < -0.39 is 0 Å². The van der Waals surface area contributed by atoms with Crippen molar-refractivity contribution in [1.29, 1.82) is 0 Å². The van der Waals surface area contributed by atoms with E-state index in [1.165, 1.54) is 10.6 Å². The van der Waals surface area contributed by atoms with Crippen molar-refractivity contribution in [2.75, 3.05) is 7.11 Å². The van der Waals surface area contributed by atoms with Crippen LogP contribution in [0.15, 0.2) is 53.5 Å². The summed E-state index contributed by atoms with van der Waals surface area (Å²) in [6.07, 6.45) is 2.37. The lowest BCUT2D eigenvalue weighted by Gasteiger charge is -2.18. The molecule has 5 heteroatoms. The number of nitrogens with one attached hydrogen (secondary N) is 1. The Morgan fingerprint density at radius 2 is 1.95 bits per heavy atom. The molecule has 2 aromatic rings. The fraction of sp³-hybridized carbons (Fsp3) is 0.294. The van der Waals surface area contributed by atoms with Crippen molar-refractivity contribution in [2.24, 2.45) is 0 Å². The number of hydrogen-bond donors (Lipinski definition) is 1. The number of methoxy groups -OCH3 is 1. The summed E-state index contributed by atoms with van der Waals surface area (Å²) < 4.78 is 6.52. The van der Waals surface area contributed by atoms with Crippen molar-refractivity contribution in [3.8, 4) is 5.75 Å². The number of hydrogen-bond acceptors (Lipinski definition) is 3.